The average Bonchev–Trinajstić information content (AvgIpc) is 2.77. The fraction of sp³-hybridized carbons (Fsp3) is 0.600. The number of nitrogens with one attached hydrogen (secondary N) is 1. The van der Waals surface area contributed by atoms with Gasteiger partial charge in [-0.1, -0.05) is 0 Å². The summed E-state index contributed by atoms with van der Waals surface area (Å²) in [5, 5.41) is 0. The maximum atomic E-state index is 12.2. The quantitative estimate of drug-likeness (QED) is 0.761. The van der Waals surface area contributed by atoms with E-state index in [4.69, 9.17) is 10.5 Å². The van der Waals surface area contributed by atoms with E-state index in [-0.39, 0.29) is 17.5 Å². The number of rotatable bonds is 6. The van der Waals surface area contributed by atoms with Crippen molar-refractivity contribution < 1.29 is 13.2 Å². The molecule has 0 aliphatic heterocycles. The number of sulfonamides is 1. The number of H-pyrrole nitrogens is 1. The molecule has 0 aliphatic rings. The lowest BCUT2D eigenvalue weighted by molar-refractivity contribution is 0.149. The third-order valence-electron chi connectivity index (χ3n) is 2.64. The van der Waals surface area contributed by atoms with Crippen molar-refractivity contribution in [3.8, 4) is 0 Å². The van der Waals surface area contributed by atoms with E-state index in [1.54, 1.807) is 20.1 Å². The Labute approximate surface area is 102 Å². The van der Waals surface area contributed by atoms with E-state index >= 15 is 0 Å². The molecule has 1 unspecified atom stereocenters. The van der Waals surface area contributed by atoms with Gasteiger partial charge in [0, 0.05) is 38.6 Å². The highest BCUT2D eigenvalue weighted by Gasteiger charge is 2.26. The number of ether oxygens (including phenoxy) is 1. The molecule has 0 bridgehead atoms. The number of aromatic amines is 1. The van der Waals surface area contributed by atoms with Gasteiger partial charge >= 0.3 is 0 Å². The molecule has 0 spiro atoms. The Morgan fingerprint density at radius 1 is 1.59 bits per heavy atom. The van der Waals surface area contributed by atoms with Gasteiger partial charge in [0.2, 0.25) is 10.0 Å². The van der Waals surface area contributed by atoms with Gasteiger partial charge in [0.05, 0.1) is 11.5 Å². The monoisotopic (exact) mass is 261 g/mol. The third kappa shape index (κ3) is 3.06. The molecule has 0 amide bonds. The number of likely N-dealkylation sites (N-methyl/N-ethyl adjacent to an activating group) is 1. The maximum Gasteiger partial charge on any atom is 0.244 e. The molecule has 0 saturated carbocycles. The second-order valence-corrected chi connectivity index (χ2v) is 5.89. The van der Waals surface area contributed by atoms with Gasteiger partial charge in [-0.15, -0.1) is 0 Å². The maximum absolute atomic E-state index is 12.2. The normalized spacial score (nSPS) is 14.2. The van der Waals surface area contributed by atoms with Crippen LogP contribution in [0.4, 0.5) is 0 Å². The molecule has 7 heteroatoms. The molecular weight excluding hydrogens is 242 g/mol. The first kappa shape index (κ1) is 14.2. The summed E-state index contributed by atoms with van der Waals surface area (Å²) in [6, 6.07) is 1.33. The van der Waals surface area contributed by atoms with E-state index in [9.17, 15) is 8.42 Å². The Balaban J connectivity index is 2.94. The van der Waals surface area contributed by atoms with Gasteiger partial charge in [-0.3, -0.25) is 0 Å². The molecule has 0 aliphatic carbocycles. The van der Waals surface area contributed by atoms with Crippen LogP contribution < -0.4 is 5.73 Å². The van der Waals surface area contributed by atoms with Crippen LogP contribution >= 0.6 is 0 Å². The van der Waals surface area contributed by atoms with Crippen LogP contribution in [0.15, 0.2) is 17.2 Å². The molecule has 1 atom stereocenters. The van der Waals surface area contributed by atoms with Gasteiger partial charge in [0.25, 0.3) is 0 Å². The standard InChI is InChI=1S/C10H19N3O3S/c1-8(7-16-3)13(2)17(14,15)10-4-9(5-11)12-6-10/h4,6,8,12H,5,7,11H2,1-3H3. The number of nitrogens with zero attached hydrogens (tertiary/aromatic N) is 1. The van der Waals surface area contributed by atoms with Gasteiger partial charge in [-0.2, -0.15) is 4.31 Å². The highest BCUT2D eigenvalue weighted by molar-refractivity contribution is 7.89. The van der Waals surface area contributed by atoms with Crippen molar-refractivity contribution >= 4 is 10.0 Å². The summed E-state index contributed by atoms with van der Waals surface area (Å²) < 4.78 is 30.6. The topological polar surface area (TPSA) is 88.4 Å². The van der Waals surface area contributed by atoms with Crippen molar-refractivity contribution in [1.82, 2.24) is 9.29 Å². The van der Waals surface area contributed by atoms with Crippen LogP contribution in [0.3, 0.4) is 0 Å². The summed E-state index contributed by atoms with van der Waals surface area (Å²) in [7, 11) is -0.406. The van der Waals surface area contributed by atoms with Crippen molar-refractivity contribution in [3.05, 3.63) is 18.0 Å². The molecule has 1 aromatic rings. The Morgan fingerprint density at radius 2 is 2.24 bits per heavy atom. The smallest absolute Gasteiger partial charge is 0.244 e. The predicted molar refractivity (Wildman–Crippen MR) is 65.0 cm³/mol. The number of hydrogen-bond donors (Lipinski definition) is 2. The zero-order valence-corrected chi connectivity index (χ0v) is 11.1. The molecule has 0 saturated heterocycles. The third-order valence-corrected chi connectivity index (χ3v) is 4.59. The lowest BCUT2D eigenvalue weighted by atomic mass is 10.4. The molecule has 3 N–H and O–H groups in total. The summed E-state index contributed by atoms with van der Waals surface area (Å²) in [6.07, 6.45) is 1.45. The largest absolute Gasteiger partial charge is 0.383 e. The fourth-order valence-electron chi connectivity index (χ4n) is 1.43. The van der Waals surface area contributed by atoms with Crippen molar-refractivity contribution in [2.75, 3.05) is 20.8 Å². The summed E-state index contributed by atoms with van der Waals surface area (Å²) in [5.74, 6) is 0. The summed E-state index contributed by atoms with van der Waals surface area (Å²) in [5.41, 5.74) is 6.12. The second kappa shape index (κ2) is 5.63. The van der Waals surface area contributed by atoms with Crippen molar-refractivity contribution in [2.45, 2.75) is 24.4 Å². The van der Waals surface area contributed by atoms with Crippen molar-refractivity contribution in [3.63, 3.8) is 0 Å². The van der Waals surface area contributed by atoms with E-state index < -0.39 is 10.0 Å². The Kier molecular flexibility index (Phi) is 4.70. The minimum absolute atomic E-state index is 0.221. The van der Waals surface area contributed by atoms with Crippen LogP contribution in [0, 0.1) is 0 Å². The Morgan fingerprint density at radius 3 is 2.71 bits per heavy atom. The van der Waals surface area contributed by atoms with Gasteiger partial charge in [-0.05, 0) is 13.0 Å². The van der Waals surface area contributed by atoms with Gasteiger partial charge < -0.3 is 15.5 Å². The van der Waals surface area contributed by atoms with Crippen molar-refractivity contribution in [2.24, 2.45) is 5.73 Å². The Bertz CT molecular complexity index is 455. The summed E-state index contributed by atoms with van der Waals surface area (Å²) in [4.78, 5) is 3.05. The first-order valence-electron chi connectivity index (χ1n) is 5.27. The molecule has 1 heterocycles. The molecule has 0 radical (unpaired) electrons. The Hall–Kier alpha value is -0.890. The predicted octanol–water partition coefficient (Wildman–Crippen LogP) is 0.129. The molecule has 0 aromatic carbocycles. The van der Waals surface area contributed by atoms with E-state index in [1.807, 2.05) is 0 Å². The van der Waals surface area contributed by atoms with E-state index in [0.29, 0.717) is 12.3 Å². The molecular formula is C10H19N3O3S. The lowest BCUT2D eigenvalue weighted by Crippen LogP contribution is -2.37. The fourth-order valence-corrected chi connectivity index (χ4v) is 2.80. The van der Waals surface area contributed by atoms with Crippen LogP contribution in [-0.4, -0.2) is 44.5 Å². The highest BCUT2D eigenvalue weighted by atomic mass is 32.2. The zero-order chi connectivity index (χ0) is 13.1. The van der Waals surface area contributed by atoms with Crippen LogP contribution in [0.25, 0.3) is 0 Å². The van der Waals surface area contributed by atoms with E-state index in [0.717, 1.165) is 0 Å². The number of nitrogens with two attached hydrogens (primary N) is 1. The summed E-state index contributed by atoms with van der Waals surface area (Å²) >= 11 is 0. The zero-order valence-electron chi connectivity index (χ0n) is 10.3. The van der Waals surface area contributed by atoms with Crippen LogP contribution in [-0.2, 0) is 21.3 Å². The highest BCUT2D eigenvalue weighted by Crippen LogP contribution is 2.17. The summed E-state index contributed by atoms with van der Waals surface area (Å²) in [6.45, 7) is 2.42. The first-order chi connectivity index (χ1) is 7.93. The molecule has 1 aromatic heterocycles. The molecule has 98 valence electrons. The minimum Gasteiger partial charge on any atom is -0.383 e. The number of aromatic nitrogens is 1. The molecule has 0 fully saturated rings. The molecule has 6 nitrogen and oxygen atoms in total. The van der Waals surface area contributed by atoms with Gasteiger partial charge in [0.15, 0.2) is 0 Å². The second-order valence-electron chi connectivity index (χ2n) is 3.89. The first-order valence-corrected chi connectivity index (χ1v) is 6.71. The lowest BCUT2D eigenvalue weighted by Gasteiger charge is -2.22. The minimum atomic E-state index is -3.48. The van der Waals surface area contributed by atoms with Gasteiger partial charge in [-0.25, -0.2) is 8.42 Å². The molecule has 1 rings (SSSR count). The SMILES string of the molecule is COCC(C)N(C)S(=O)(=O)c1c[nH]c(CN)c1. The van der Waals surface area contributed by atoms with Crippen LogP contribution in [0.2, 0.25) is 0 Å². The van der Waals surface area contributed by atoms with E-state index in [1.165, 1.54) is 17.5 Å². The van der Waals surface area contributed by atoms with E-state index in [2.05, 4.69) is 4.98 Å². The average molecular weight is 261 g/mol. The van der Waals surface area contributed by atoms with Gasteiger partial charge in [0.1, 0.15) is 0 Å². The van der Waals surface area contributed by atoms with Crippen LogP contribution in [0.1, 0.15) is 12.6 Å². The number of hydrogen-bond acceptors (Lipinski definition) is 4. The number of methoxy groups -OCH3 is 1. The van der Waals surface area contributed by atoms with Crippen LogP contribution in [0.5, 0.6) is 0 Å². The van der Waals surface area contributed by atoms with Crippen molar-refractivity contribution in [1.29, 1.82) is 0 Å². The molecule has 17 heavy (non-hydrogen) atoms.